The number of morpholine rings is 1. The maximum Gasteiger partial charge on any atom is 0.407 e. The fourth-order valence-corrected chi connectivity index (χ4v) is 25.1. The first kappa shape index (κ1) is 90.6. The second-order valence-corrected chi connectivity index (χ2v) is 40.4. The van der Waals surface area contributed by atoms with Crippen molar-refractivity contribution in [2.45, 2.75) is 184 Å². The number of aromatic hydroxyl groups is 4. The first-order chi connectivity index (χ1) is 61.1. The Balaban J connectivity index is 0.000000202. The number of hydrogen-bond acceptors (Lipinski definition) is 24. The number of piperazine rings is 1. The number of hydrogen-bond donors (Lipinski definition) is 7. The average molecular weight is 1750 g/mol. The van der Waals surface area contributed by atoms with Crippen molar-refractivity contribution in [3.05, 3.63) is 197 Å². The first-order valence-electron chi connectivity index (χ1n) is 43.9. The van der Waals surface area contributed by atoms with E-state index in [0.717, 1.165) is 73.2 Å². The molecule has 6 aliphatic heterocycles. The largest absolute Gasteiger partial charge is 0.504 e. The number of carbonyl (C=O) groups excluding carboxylic acids is 2. The Hall–Kier alpha value is -11.2. The van der Waals surface area contributed by atoms with Gasteiger partial charge >= 0.3 is 12.2 Å². The molecular formula is C99H121N9O18Si. The van der Waals surface area contributed by atoms with Crippen molar-refractivity contribution in [3.63, 3.8) is 0 Å². The Morgan fingerprint density at radius 2 is 0.953 bits per heavy atom. The van der Waals surface area contributed by atoms with E-state index in [1.165, 1.54) is 28.4 Å². The molecule has 0 radical (unpaired) electrons. The standard InChI is InChI=1S/C56H75N5O10Si.C43H46N4O8/c1-31(2)72(13,32(3)4)71-24-22-35-29-61(23-25-69-35)55(57-7)45-27-41-47(50(63)54(68-12)34(6)52(41)66-10)48(60(45)8)43-26-40-46(49(62)53(67-11)33(5)51(40)65-9)44(59-43)28-58-56(64)70-30-42-38-20-16-14-18-36(38)37-19-15-17-21-39(37)42;1-21-39(51-4)27-17-31-36-35-28(40(52-5)22(2)42(54-7)38(35)49)16-30(46(36)3)32(18-44)47(31)33(34(27)37(48)41(21)53-6)19-45-43(50)55-20-29-25-14-10-8-12-23(25)24-13-9-11-15-26(24)29/h14-21,31-32,35,42-45,48,55,59,62-63H,22-30H2,1-6,8-13H3,(H,58,64);8-15,29-33,36,48-49H,16-17,19-20H2,1-7H3,(H,45,50)/t35-,43?,44-,45?,48?,55?;30-,31-,32-,33?,36-/m00/s1. The zero-order chi connectivity index (χ0) is 90.6. The molecule has 2 fully saturated rings. The number of alkyl carbamates (subject to hydrolysis) is 2. The third-order valence-corrected chi connectivity index (χ3v) is 34.4. The number of nitriles is 1. The molecule has 6 heterocycles. The van der Waals surface area contributed by atoms with Crippen LogP contribution in [0.25, 0.3) is 27.1 Å². The van der Waals surface area contributed by atoms with E-state index in [4.69, 9.17) is 63.1 Å². The van der Waals surface area contributed by atoms with Gasteiger partial charge in [-0.1, -0.05) is 125 Å². The van der Waals surface area contributed by atoms with Gasteiger partial charge in [-0.25, -0.2) is 21.1 Å². The highest BCUT2D eigenvalue weighted by Crippen LogP contribution is 2.61. The van der Waals surface area contributed by atoms with Crippen molar-refractivity contribution >= 4 is 20.5 Å². The molecule has 8 aliphatic rings. The molecule has 8 aromatic carbocycles. The van der Waals surface area contributed by atoms with E-state index >= 15 is 0 Å². The maximum absolute atomic E-state index is 13.9. The molecule has 2 saturated heterocycles. The summed E-state index contributed by atoms with van der Waals surface area (Å²) in [6.45, 7) is 30.1. The van der Waals surface area contributed by atoms with Crippen LogP contribution >= 0.6 is 0 Å². The third-order valence-electron chi connectivity index (χ3n) is 29.0. The van der Waals surface area contributed by atoms with E-state index in [9.17, 15) is 35.3 Å². The molecule has 27 nitrogen and oxygen atoms in total. The minimum absolute atomic E-state index is 0.00379. The summed E-state index contributed by atoms with van der Waals surface area (Å²) in [5.74, 6) is 3.11. The molecule has 0 saturated carbocycles. The summed E-state index contributed by atoms with van der Waals surface area (Å²) in [4.78, 5) is 40.7. The number of phenols is 4. The van der Waals surface area contributed by atoms with Gasteiger partial charge in [-0.15, -0.1) is 0 Å². The summed E-state index contributed by atoms with van der Waals surface area (Å²) in [5.41, 5.74) is 17.9. The number of nitrogens with one attached hydrogen (secondary N) is 3. The summed E-state index contributed by atoms with van der Waals surface area (Å²) in [5, 5.41) is 69.2. The molecule has 16 rings (SSSR count). The molecule has 2 amide bonds. The van der Waals surface area contributed by atoms with Gasteiger partial charge in [0, 0.05) is 136 Å². The lowest BCUT2D eigenvalue weighted by Crippen LogP contribution is -2.68. The predicted molar refractivity (Wildman–Crippen MR) is 485 cm³/mol. The summed E-state index contributed by atoms with van der Waals surface area (Å²) >= 11 is 0. The quantitative estimate of drug-likeness (QED) is 0.0207. The number of rotatable bonds is 25. The highest BCUT2D eigenvalue weighted by Gasteiger charge is 2.58. The van der Waals surface area contributed by atoms with E-state index in [1.807, 2.05) is 90.3 Å². The van der Waals surface area contributed by atoms with Crippen molar-refractivity contribution in [1.29, 1.82) is 5.26 Å². The molecule has 2 bridgehead atoms. The number of methoxy groups -OCH3 is 8. The van der Waals surface area contributed by atoms with Crippen LogP contribution in [0.4, 0.5) is 9.59 Å². The number of nitrogens with zero attached hydrogens (tertiary/aromatic N) is 6. The Morgan fingerprint density at radius 1 is 0.551 bits per heavy atom. The average Bonchev–Trinajstić information content (AvgIpc) is 1.38. The minimum atomic E-state index is -1.97. The van der Waals surface area contributed by atoms with Crippen LogP contribution in [-0.4, -0.2) is 227 Å². The lowest BCUT2D eigenvalue weighted by atomic mass is 9.71. The minimum Gasteiger partial charge on any atom is -0.504 e. The topological polar surface area (TPSA) is 303 Å². The maximum atomic E-state index is 13.9. The number of fused-ring (bicyclic) bond motifs is 15. The van der Waals surface area contributed by atoms with Crippen LogP contribution in [0.2, 0.25) is 17.6 Å². The van der Waals surface area contributed by atoms with Crippen LogP contribution in [0.15, 0.2) is 97.1 Å². The number of amides is 2. The highest BCUT2D eigenvalue weighted by atomic mass is 28.4. The van der Waals surface area contributed by atoms with Gasteiger partial charge in [0.1, 0.15) is 48.3 Å². The fourth-order valence-electron chi connectivity index (χ4n) is 22.5. The summed E-state index contributed by atoms with van der Waals surface area (Å²) < 4.78 is 72.5. The van der Waals surface area contributed by atoms with Gasteiger partial charge in [0.15, 0.2) is 54.3 Å². The number of ether oxygens (including phenoxy) is 11. The van der Waals surface area contributed by atoms with E-state index in [2.05, 4.69) is 129 Å². The molecule has 7 N–H and O–H groups in total. The van der Waals surface area contributed by atoms with Crippen LogP contribution in [-0.2, 0) is 44.3 Å². The number of likely N-dealkylation sites (N-methyl/N-ethyl adjacent to an activating group) is 2. The zero-order valence-corrected chi connectivity index (χ0v) is 77.3. The van der Waals surface area contributed by atoms with Crippen LogP contribution < -0.4 is 53.8 Å². The molecule has 0 aromatic heterocycles. The van der Waals surface area contributed by atoms with Gasteiger partial charge in [0.2, 0.25) is 0 Å². The lowest BCUT2D eigenvalue weighted by Gasteiger charge is -2.60. The van der Waals surface area contributed by atoms with Crippen LogP contribution in [0.3, 0.4) is 0 Å². The normalized spacial score (nSPS) is 21.9. The first-order valence-corrected chi connectivity index (χ1v) is 46.5. The van der Waals surface area contributed by atoms with Crippen molar-refractivity contribution in [1.82, 2.24) is 35.6 Å². The van der Waals surface area contributed by atoms with E-state index in [1.54, 1.807) is 28.4 Å². The van der Waals surface area contributed by atoms with Crippen molar-refractivity contribution in [3.8, 4) is 97.3 Å². The zero-order valence-electron chi connectivity index (χ0n) is 76.3. The van der Waals surface area contributed by atoms with Gasteiger partial charge in [0.25, 0.3) is 6.17 Å². The number of phenolic OH excluding ortho intramolecular Hbond substituents is 4. The van der Waals surface area contributed by atoms with Gasteiger partial charge < -0.3 is 92.9 Å². The van der Waals surface area contributed by atoms with E-state index in [0.29, 0.717) is 142 Å². The highest BCUT2D eigenvalue weighted by molar-refractivity contribution is 6.75. The molecule has 0 spiro atoms. The van der Waals surface area contributed by atoms with Gasteiger partial charge in [0.05, 0.1) is 99.8 Å². The van der Waals surface area contributed by atoms with Crippen LogP contribution in [0, 0.1) is 45.6 Å². The molecule has 5 unspecified atom stereocenters. The molecule has 2 aliphatic carbocycles. The van der Waals surface area contributed by atoms with Crippen molar-refractivity contribution in [2.75, 3.05) is 124 Å². The van der Waals surface area contributed by atoms with Crippen molar-refractivity contribution < 1.29 is 86.5 Å². The van der Waals surface area contributed by atoms with Gasteiger partial charge in [-0.3, -0.25) is 19.5 Å². The Bertz CT molecular complexity index is 5500. The smallest absolute Gasteiger partial charge is 0.407 e. The van der Waals surface area contributed by atoms with Gasteiger partial charge in [-0.2, -0.15) is 5.26 Å². The number of carbonyl (C=O) groups is 2. The second kappa shape index (κ2) is 37.3. The van der Waals surface area contributed by atoms with Crippen LogP contribution in [0.5, 0.6) is 69.0 Å². The molecule has 11 atom stereocenters. The monoisotopic (exact) mass is 1750 g/mol. The predicted octanol–water partition coefficient (Wildman–Crippen LogP) is 15.2. The third kappa shape index (κ3) is 15.6. The SMILES string of the molecule is COc1c(C)c(OC)c2c(c1O)C(CNC(=O)OCC1c3ccccc3-c3ccccc31)N1[C@@H](C#N)[C@@H]3Cc4c(OC)c(C)c(OC)c(O)c4[C@H]([C@@H]1C2)N3C.[C-]#[N+]C(C1Cc2c(OC)c(C)c(OC)c(O)c2C(C2Cc3c(OC)c(C)c(OC)c(O)c3[C@H](CNC(=O)OCC3c4ccccc4-c4ccccc43)N2)N1C)N1CCO[C@@H](CCO[Si](C)(C(C)C)C(C)C)C1. The molecule has 127 heavy (non-hydrogen) atoms. The van der Waals surface area contributed by atoms with E-state index in [-0.39, 0.29) is 90.8 Å². The number of benzene rings is 8. The fraction of sp³-hybridized carbons (Fsp3) is 0.475. The van der Waals surface area contributed by atoms with Crippen molar-refractivity contribution in [2.24, 2.45) is 0 Å². The second-order valence-electron chi connectivity index (χ2n) is 35.4. The van der Waals surface area contributed by atoms with Gasteiger partial charge in [-0.05, 0) is 130 Å². The van der Waals surface area contributed by atoms with Crippen LogP contribution in [0.1, 0.15) is 159 Å². The molecular weight excluding hydrogens is 1630 g/mol. The summed E-state index contributed by atoms with van der Waals surface area (Å²) in [6, 6.07) is 30.6. The lowest BCUT2D eigenvalue weighted by molar-refractivity contribution is -0.0726. The molecule has 674 valence electrons. The Labute approximate surface area is 745 Å². The summed E-state index contributed by atoms with van der Waals surface area (Å²) in [6.07, 6.45) is 0.307. The van der Waals surface area contributed by atoms with E-state index < -0.39 is 69.0 Å². The molecule has 28 heteroatoms. The Morgan fingerprint density at radius 3 is 1.39 bits per heavy atom. The molecule has 8 aromatic rings. The summed E-state index contributed by atoms with van der Waals surface area (Å²) in [7, 11) is 14.5. The Kier molecular flexibility index (Phi) is 26.6.